The van der Waals surface area contributed by atoms with E-state index in [1.54, 1.807) is 25.7 Å². The van der Waals surface area contributed by atoms with Gasteiger partial charge in [-0.3, -0.25) is 4.79 Å². The zero-order valence-electron chi connectivity index (χ0n) is 15.9. The minimum atomic E-state index is 0.0437. The first-order valence-corrected chi connectivity index (χ1v) is 9.32. The molecule has 7 heteroatoms. The molecule has 1 fully saturated rings. The maximum absolute atomic E-state index is 12.7. The van der Waals surface area contributed by atoms with E-state index in [1.165, 1.54) is 0 Å². The van der Waals surface area contributed by atoms with Crippen molar-refractivity contribution in [1.82, 2.24) is 19.4 Å². The summed E-state index contributed by atoms with van der Waals surface area (Å²) in [5.41, 5.74) is 1.79. The summed E-state index contributed by atoms with van der Waals surface area (Å²) in [4.78, 5) is 25.5. The van der Waals surface area contributed by atoms with Crippen LogP contribution >= 0.6 is 0 Å². The number of imidazole rings is 1. The standard InChI is InChI=1S/C21H23N5O2/c1-28-19-4-2-3-18(13-19)21(27)26-11-9-25(10-12-26)20-6-5-17(14-23-20)15-24-8-7-22-16-24/h2-8,13-14,16H,9-12,15H2,1H3. The molecule has 1 saturated heterocycles. The van der Waals surface area contributed by atoms with E-state index in [4.69, 9.17) is 4.74 Å². The lowest BCUT2D eigenvalue weighted by Crippen LogP contribution is -2.49. The van der Waals surface area contributed by atoms with Crippen molar-refractivity contribution < 1.29 is 9.53 Å². The highest BCUT2D eigenvalue weighted by atomic mass is 16.5. The SMILES string of the molecule is COc1cccc(C(=O)N2CCN(c3ccc(Cn4ccnc4)cn3)CC2)c1. The zero-order chi connectivity index (χ0) is 19.3. The van der Waals surface area contributed by atoms with Crippen LogP contribution in [0, 0.1) is 0 Å². The van der Waals surface area contributed by atoms with Gasteiger partial charge >= 0.3 is 0 Å². The average molecular weight is 377 g/mol. The number of hydrogen-bond acceptors (Lipinski definition) is 5. The smallest absolute Gasteiger partial charge is 0.254 e. The van der Waals surface area contributed by atoms with Crippen molar-refractivity contribution in [2.45, 2.75) is 6.54 Å². The van der Waals surface area contributed by atoms with Gasteiger partial charge in [-0.05, 0) is 29.8 Å². The van der Waals surface area contributed by atoms with Gasteiger partial charge in [0, 0.05) is 56.9 Å². The number of anilines is 1. The Labute approximate surface area is 164 Å². The molecule has 1 aliphatic rings. The average Bonchev–Trinajstić information content (AvgIpc) is 3.27. The van der Waals surface area contributed by atoms with E-state index >= 15 is 0 Å². The molecule has 144 valence electrons. The van der Waals surface area contributed by atoms with Crippen LogP contribution in [0.4, 0.5) is 5.82 Å². The number of carbonyl (C=O) groups excluding carboxylic acids is 1. The summed E-state index contributed by atoms with van der Waals surface area (Å²) in [7, 11) is 1.61. The topological polar surface area (TPSA) is 63.5 Å². The number of amides is 1. The number of benzene rings is 1. The van der Waals surface area contributed by atoms with Crippen LogP contribution in [-0.4, -0.2) is 58.6 Å². The van der Waals surface area contributed by atoms with E-state index in [9.17, 15) is 4.79 Å². The highest BCUT2D eigenvalue weighted by Crippen LogP contribution is 2.18. The van der Waals surface area contributed by atoms with Crippen molar-refractivity contribution in [2.75, 3.05) is 38.2 Å². The molecule has 1 aromatic carbocycles. The van der Waals surface area contributed by atoms with Crippen LogP contribution in [0.25, 0.3) is 0 Å². The third-order valence-corrected chi connectivity index (χ3v) is 4.94. The van der Waals surface area contributed by atoms with Crippen LogP contribution in [0.3, 0.4) is 0 Å². The summed E-state index contributed by atoms with van der Waals surface area (Å²) in [6, 6.07) is 11.4. The molecule has 1 amide bonds. The number of hydrogen-bond donors (Lipinski definition) is 0. The second-order valence-electron chi connectivity index (χ2n) is 6.77. The summed E-state index contributed by atoms with van der Waals surface area (Å²) >= 11 is 0. The Kier molecular flexibility index (Phi) is 5.23. The second kappa shape index (κ2) is 8.12. The molecule has 4 rings (SSSR count). The van der Waals surface area contributed by atoms with E-state index in [0.29, 0.717) is 24.4 Å². The predicted molar refractivity (Wildman–Crippen MR) is 107 cm³/mol. The minimum absolute atomic E-state index is 0.0437. The van der Waals surface area contributed by atoms with Crippen molar-refractivity contribution in [1.29, 1.82) is 0 Å². The minimum Gasteiger partial charge on any atom is -0.497 e. The number of nitrogens with zero attached hydrogens (tertiary/aromatic N) is 5. The highest BCUT2D eigenvalue weighted by molar-refractivity contribution is 5.94. The maximum atomic E-state index is 12.7. The van der Waals surface area contributed by atoms with Gasteiger partial charge in [0.15, 0.2) is 0 Å². The van der Waals surface area contributed by atoms with Gasteiger partial charge in [-0.25, -0.2) is 9.97 Å². The van der Waals surface area contributed by atoms with Gasteiger partial charge in [-0.15, -0.1) is 0 Å². The van der Waals surface area contributed by atoms with Gasteiger partial charge in [0.25, 0.3) is 5.91 Å². The summed E-state index contributed by atoms with van der Waals surface area (Å²) in [6.45, 7) is 3.65. The number of carbonyl (C=O) groups is 1. The Bertz CT molecular complexity index is 916. The van der Waals surface area contributed by atoms with Gasteiger partial charge in [-0.1, -0.05) is 12.1 Å². The fourth-order valence-corrected chi connectivity index (χ4v) is 3.37. The lowest BCUT2D eigenvalue weighted by atomic mass is 10.1. The normalized spacial score (nSPS) is 14.2. The first-order valence-electron chi connectivity index (χ1n) is 9.32. The number of ether oxygens (including phenoxy) is 1. The van der Waals surface area contributed by atoms with E-state index < -0.39 is 0 Å². The molecule has 0 spiro atoms. The highest BCUT2D eigenvalue weighted by Gasteiger charge is 2.23. The Morgan fingerprint density at radius 3 is 2.68 bits per heavy atom. The first-order chi connectivity index (χ1) is 13.7. The molecule has 3 aromatic rings. The predicted octanol–water partition coefficient (Wildman–Crippen LogP) is 2.30. The largest absolute Gasteiger partial charge is 0.497 e. The Morgan fingerprint density at radius 1 is 1.14 bits per heavy atom. The number of rotatable bonds is 5. The third kappa shape index (κ3) is 3.98. The van der Waals surface area contributed by atoms with Gasteiger partial charge < -0.3 is 19.1 Å². The van der Waals surface area contributed by atoms with Crippen LogP contribution in [0.5, 0.6) is 5.75 Å². The van der Waals surface area contributed by atoms with Crippen LogP contribution in [0.2, 0.25) is 0 Å². The molecular formula is C21H23N5O2. The van der Waals surface area contributed by atoms with Crippen molar-refractivity contribution in [2.24, 2.45) is 0 Å². The molecule has 1 aliphatic heterocycles. The van der Waals surface area contributed by atoms with E-state index in [1.807, 2.05) is 46.1 Å². The molecule has 7 nitrogen and oxygen atoms in total. The number of pyridine rings is 1. The molecule has 3 heterocycles. The van der Waals surface area contributed by atoms with Crippen LogP contribution in [0.1, 0.15) is 15.9 Å². The van der Waals surface area contributed by atoms with Crippen molar-refractivity contribution in [3.8, 4) is 5.75 Å². The molecule has 0 N–H and O–H groups in total. The Hall–Kier alpha value is -3.35. The molecule has 0 saturated carbocycles. The molecule has 0 radical (unpaired) electrons. The van der Waals surface area contributed by atoms with Gasteiger partial charge in [0.1, 0.15) is 11.6 Å². The quantitative estimate of drug-likeness (QED) is 0.683. The number of aromatic nitrogens is 3. The second-order valence-corrected chi connectivity index (χ2v) is 6.77. The fraction of sp³-hybridized carbons (Fsp3) is 0.286. The molecule has 0 bridgehead atoms. The Morgan fingerprint density at radius 2 is 2.00 bits per heavy atom. The van der Waals surface area contributed by atoms with Crippen molar-refractivity contribution in [3.05, 3.63) is 72.4 Å². The monoisotopic (exact) mass is 377 g/mol. The summed E-state index contributed by atoms with van der Waals surface area (Å²) in [5, 5.41) is 0. The number of piperazine rings is 1. The fourth-order valence-electron chi connectivity index (χ4n) is 3.37. The third-order valence-electron chi connectivity index (χ3n) is 4.94. The zero-order valence-corrected chi connectivity index (χ0v) is 15.9. The summed E-state index contributed by atoms with van der Waals surface area (Å²) in [5.74, 6) is 1.69. The molecule has 28 heavy (non-hydrogen) atoms. The van der Waals surface area contributed by atoms with Crippen LogP contribution in [-0.2, 0) is 6.54 Å². The van der Waals surface area contributed by atoms with Crippen molar-refractivity contribution >= 4 is 11.7 Å². The molecule has 0 unspecified atom stereocenters. The summed E-state index contributed by atoms with van der Waals surface area (Å²) in [6.07, 6.45) is 7.41. The first kappa shape index (κ1) is 18.0. The molecular weight excluding hydrogens is 354 g/mol. The van der Waals surface area contributed by atoms with Crippen molar-refractivity contribution in [3.63, 3.8) is 0 Å². The van der Waals surface area contributed by atoms with E-state index in [-0.39, 0.29) is 5.91 Å². The van der Waals surface area contributed by atoms with Gasteiger partial charge in [-0.2, -0.15) is 0 Å². The molecule has 0 aliphatic carbocycles. The lowest BCUT2D eigenvalue weighted by molar-refractivity contribution is 0.0746. The van der Waals surface area contributed by atoms with E-state index in [0.717, 1.165) is 31.0 Å². The molecule has 2 aromatic heterocycles. The van der Waals surface area contributed by atoms with Gasteiger partial charge in [0.05, 0.1) is 13.4 Å². The van der Waals surface area contributed by atoms with Crippen LogP contribution < -0.4 is 9.64 Å². The Balaban J connectivity index is 1.35. The molecule has 0 atom stereocenters. The number of methoxy groups -OCH3 is 1. The van der Waals surface area contributed by atoms with E-state index in [2.05, 4.69) is 20.9 Å². The summed E-state index contributed by atoms with van der Waals surface area (Å²) < 4.78 is 7.23. The van der Waals surface area contributed by atoms with Crippen LogP contribution in [0.15, 0.2) is 61.3 Å². The lowest BCUT2D eigenvalue weighted by Gasteiger charge is -2.35. The maximum Gasteiger partial charge on any atom is 0.254 e. The van der Waals surface area contributed by atoms with Gasteiger partial charge in [0.2, 0.25) is 0 Å².